The average Bonchev–Trinajstić information content (AvgIpc) is 2.65. The Bertz CT molecular complexity index is 950. The topological polar surface area (TPSA) is 82.3 Å². The Kier molecular flexibility index (Phi) is 6.49. The van der Waals surface area contributed by atoms with Crippen molar-refractivity contribution >= 4 is 11.6 Å². The number of nitrogens with zero attached hydrogens (tertiary/aromatic N) is 1. The Hall–Kier alpha value is -3.12. The lowest BCUT2D eigenvalue weighted by atomic mass is 10.1. The fraction of sp³-hybridized carbons (Fsp3) is 0.300. The maximum Gasteiger partial charge on any atom is 0.417 e. The van der Waals surface area contributed by atoms with Crippen LogP contribution in [0.25, 0.3) is 0 Å². The molecule has 29 heavy (non-hydrogen) atoms. The molecule has 1 atom stereocenters. The van der Waals surface area contributed by atoms with Crippen LogP contribution < -0.4 is 10.1 Å². The molecular weight excluding hydrogens is 392 g/mol. The van der Waals surface area contributed by atoms with Crippen molar-refractivity contribution in [3.63, 3.8) is 0 Å². The van der Waals surface area contributed by atoms with Gasteiger partial charge < -0.3 is 15.2 Å². The van der Waals surface area contributed by atoms with Crippen molar-refractivity contribution in [1.29, 1.82) is 5.26 Å². The minimum absolute atomic E-state index is 0.0884. The van der Waals surface area contributed by atoms with Crippen LogP contribution in [0.4, 0.5) is 23.2 Å². The third-order valence-corrected chi connectivity index (χ3v) is 4.12. The minimum Gasteiger partial charge on any atom is -0.490 e. The highest BCUT2D eigenvalue weighted by Gasteiger charge is 2.35. The average molecular weight is 410 g/mol. The summed E-state index contributed by atoms with van der Waals surface area (Å²) in [5, 5.41) is 21.3. The highest BCUT2D eigenvalue weighted by atomic mass is 19.4. The molecule has 0 bridgehead atoms. The Morgan fingerprint density at radius 3 is 2.48 bits per heavy atom. The Labute approximate surface area is 164 Å². The minimum atomic E-state index is -4.79. The van der Waals surface area contributed by atoms with Crippen LogP contribution in [-0.4, -0.2) is 23.2 Å². The van der Waals surface area contributed by atoms with E-state index < -0.39 is 41.2 Å². The van der Waals surface area contributed by atoms with E-state index in [-0.39, 0.29) is 11.4 Å². The summed E-state index contributed by atoms with van der Waals surface area (Å²) in [4.78, 5) is 12.3. The molecule has 0 saturated carbocycles. The van der Waals surface area contributed by atoms with Crippen LogP contribution in [-0.2, 0) is 17.4 Å². The Morgan fingerprint density at radius 2 is 1.93 bits per heavy atom. The van der Waals surface area contributed by atoms with E-state index in [9.17, 15) is 27.5 Å². The molecule has 9 heteroatoms. The predicted octanol–water partition coefficient (Wildman–Crippen LogP) is 4.05. The van der Waals surface area contributed by atoms with Gasteiger partial charge in [0.25, 0.3) is 5.91 Å². The third-order valence-electron chi connectivity index (χ3n) is 4.12. The van der Waals surface area contributed by atoms with Crippen molar-refractivity contribution in [1.82, 2.24) is 0 Å². The van der Waals surface area contributed by atoms with Crippen molar-refractivity contribution in [2.24, 2.45) is 0 Å². The van der Waals surface area contributed by atoms with Gasteiger partial charge in [0.1, 0.15) is 18.2 Å². The molecular formula is C20H18F4N2O3. The number of hydrogen-bond donors (Lipinski definition) is 2. The first-order chi connectivity index (χ1) is 13.5. The molecule has 0 aliphatic rings. The molecule has 2 aromatic carbocycles. The van der Waals surface area contributed by atoms with Gasteiger partial charge in [-0.2, -0.15) is 18.4 Å². The number of anilines is 1. The zero-order valence-corrected chi connectivity index (χ0v) is 15.6. The van der Waals surface area contributed by atoms with Gasteiger partial charge in [0, 0.05) is 11.8 Å². The Morgan fingerprint density at radius 1 is 1.24 bits per heavy atom. The predicted molar refractivity (Wildman–Crippen MR) is 96.7 cm³/mol. The molecule has 0 heterocycles. The van der Waals surface area contributed by atoms with Gasteiger partial charge in [-0.1, -0.05) is 13.0 Å². The lowest BCUT2D eigenvalue weighted by molar-refractivity contribution is -0.138. The fourth-order valence-electron chi connectivity index (χ4n) is 2.41. The molecule has 0 fully saturated rings. The van der Waals surface area contributed by atoms with Crippen molar-refractivity contribution in [2.75, 3.05) is 11.9 Å². The largest absolute Gasteiger partial charge is 0.490 e. The van der Waals surface area contributed by atoms with Gasteiger partial charge in [0.15, 0.2) is 5.60 Å². The number of halogens is 4. The normalized spacial score (nSPS) is 13.3. The summed E-state index contributed by atoms with van der Waals surface area (Å²) < 4.78 is 58.1. The standard InChI is InChI=1S/C20H18F4N2O3/c1-3-12-5-7-15(9-17(12)21)29-11-19(2,28)18(27)26-14-6-4-13(10-25)16(8-14)20(22,23)24/h4-9,28H,3,11H2,1-2H3,(H,26,27)/t19-/m0/s1. The second-order valence-corrected chi connectivity index (χ2v) is 6.49. The van der Waals surface area contributed by atoms with Gasteiger partial charge in [-0.05, 0) is 43.2 Å². The maximum absolute atomic E-state index is 13.8. The van der Waals surface area contributed by atoms with E-state index >= 15 is 0 Å². The summed E-state index contributed by atoms with van der Waals surface area (Å²) >= 11 is 0. The van der Waals surface area contributed by atoms with Crippen molar-refractivity contribution in [3.05, 3.63) is 58.9 Å². The maximum atomic E-state index is 13.8. The van der Waals surface area contributed by atoms with Crippen LogP contribution in [0.5, 0.6) is 5.75 Å². The van der Waals surface area contributed by atoms with Crippen molar-refractivity contribution in [2.45, 2.75) is 32.0 Å². The van der Waals surface area contributed by atoms with Crippen LogP contribution in [0.15, 0.2) is 36.4 Å². The number of carbonyl (C=O) groups is 1. The van der Waals surface area contributed by atoms with E-state index in [2.05, 4.69) is 5.32 Å². The number of aliphatic hydroxyl groups is 1. The highest BCUT2D eigenvalue weighted by molar-refractivity contribution is 5.97. The van der Waals surface area contributed by atoms with E-state index in [4.69, 9.17) is 10.00 Å². The quantitative estimate of drug-likeness (QED) is 0.704. The SMILES string of the molecule is CCc1ccc(OC[C@](C)(O)C(=O)Nc2ccc(C#N)c(C(F)(F)F)c2)cc1F. The molecule has 0 aliphatic heterocycles. The molecule has 2 rings (SSSR count). The van der Waals surface area contributed by atoms with Crippen LogP contribution in [0.2, 0.25) is 0 Å². The molecule has 0 saturated heterocycles. The summed E-state index contributed by atoms with van der Waals surface area (Å²) in [5.41, 5.74) is -3.70. The van der Waals surface area contributed by atoms with Gasteiger partial charge in [-0.15, -0.1) is 0 Å². The summed E-state index contributed by atoms with van der Waals surface area (Å²) in [6, 6.07) is 8.17. The van der Waals surface area contributed by atoms with E-state index in [1.54, 1.807) is 6.92 Å². The van der Waals surface area contributed by atoms with Gasteiger partial charge in [-0.25, -0.2) is 4.39 Å². The highest BCUT2D eigenvalue weighted by Crippen LogP contribution is 2.33. The summed E-state index contributed by atoms with van der Waals surface area (Å²) in [5.74, 6) is -1.43. The van der Waals surface area contributed by atoms with Crippen LogP contribution >= 0.6 is 0 Å². The molecule has 2 N–H and O–H groups in total. The number of nitrogens with one attached hydrogen (secondary N) is 1. The van der Waals surface area contributed by atoms with Crippen LogP contribution in [0, 0.1) is 17.1 Å². The lowest BCUT2D eigenvalue weighted by Crippen LogP contribution is -2.45. The van der Waals surface area contributed by atoms with Crippen LogP contribution in [0.1, 0.15) is 30.5 Å². The molecule has 0 spiro atoms. The number of amides is 1. The molecule has 0 aliphatic carbocycles. The molecule has 0 radical (unpaired) electrons. The second-order valence-electron chi connectivity index (χ2n) is 6.49. The van der Waals surface area contributed by atoms with E-state index in [0.717, 1.165) is 25.1 Å². The van der Waals surface area contributed by atoms with E-state index in [1.165, 1.54) is 18.2 Å². The smallest absolute Gasteiger partial charge is 0.417 e. The molecule has 1 amide bonds. The molecule has 2 aromatic rings. The van der Waals surface area contributed by atoms with Crippen molar-refractivity contribution in [3.8, 4) is 11.8 Å². The number of alkyl halides is 3. The number of nitriles is 1. The van der Waals surface area contributed by atoms with Gasteiger partial charge in [0.05, 0.1) is 17.2 Å². The molecule has 0 unspecified atom stereocenters. The van der Waals surface area contributed by atoms with E-state index in [0.29, 0.717) is 18.1 Å². The monoisotopic (exact) mass is 410 g/mol. The zero-order valence-electron chi connectivity index (χ0n) is 15.6. The molecule has 0 aromatic heterocycles. The number of carbonyl (C=O) groups excluding carboxylic acids is 1. The first-order valence-electron chi connectivity index (χ1n) is 8.54. The molecule has 154 valence electrons. The number of hydrogen-bond acceptors (Lipinski definition) is 4. The zero-order chi connectivity index (χ0) is 21.8. The summed E-state index contributed by atoms with van der Waals surface area (Å²) in [7, 11) is 0. The molecule has 5 nitrogen and oxygen atoms in total. The first-order valence-corrected chi connectivity index (χ1v) is 8.54. The lowest BCUT2D eigenvalue weighted by Gasteiger charge is -2.23. The third kappa shape index (κ3) is 5.45. The summed E-state index contributed by atoms with van der Waals surface area (Å²) in [6.45, 7) is 2.32. The van der Waals surface area contributed by atoms with Gasteiger partial charge in [0.2, 0.25) is 0 Å². The first kappa shape index (κ1) is 22.2. The second kappa shape index (κ2) is 8.49. The number of rotatable bonds is 6. The number of aryl methyl sites for hydroxylation is 1. The van der Waals surface area contributed by atoms with Gasteiger partial charge >= 0.3 is 6.18 Å². The summed E-state index contributed by atoms with van der Waals surface area (Å²) in [6.07, 6.45) is -4.30. The number of benzene rings is 2. The van der Waals surface area contributed by atoms with Crippen LogP contribution in [0.3, 0.4) is 0 Å². The van der Waals surface area contributed by atoms with Gasteiger partial charge in [-0.3, -0.25) is 4.79 Å². The van der Waals surface area contributed by atoms with Crippen molar-refractivity contribution < 1.29 is 32.2 Å². The Balaban J connectivity index is 2.11. The number of ether oxygens (including phenoxy) is 1. The fourth-order valence-corrected chi connectivity index (χ4v) is 2.41. The van der Waals surface area contributed by atoms with E-state index in [1.807, 2.05) is 0 Å².